The summed E-state index contributed by atoms with van der Waals surface area (Å²) in [4.78, 5) is 22.6. The van der Waals surface area contributed by atoms with Crippen molar-refractivity contribution < 1.29 is 9.18 Å². The Balaban J connectivity index is 1.47. The number of likely N-dealkylation sites (N-methyl/N-ethyl adjacent to an activating group) is 1. The molecule has 3 heterocycles. The van der Waals surface area contributed by atoms with Crippen LogP contribution in [0.5, 0.6) is 0 Å². The number of anilines is 2. The van der Waals surface area contributed by atoms with Crippen molar-refractivity contribution in [3.63, 3.8) is 0 Å². The maximum atomic E-state index is 14.7. The minimum atomic E-state index is -0.315. The maximum absolute atomic E-state index is 14.7. The Morgan fingerprint density at radius 2 is 2.04 bits per heavy atom. The van der Waals surface area contributed by atoms with E-state index in [1.165, 1.54) is 17.4 Å². The van der Waals surface area contributed by atoms with E-state index in [0.29, 0.717) is 16.3 Å². The van der Waals surface area contributed by atoms with Crippen LogP contribution < -0.4 is 10.2 Å². The van der Waals surface area contributed by atoms with Crippen molar-refractivity contribution in [3.8, 4) is 0 Å². The highest BCUT2D eigenvalue weighted by molar-refractivity contribution is 9.10. The highest BCUT2D eigenvalue weighted by atomic mass is 79.9. The smallest absolute Gasteiger partial charge is 0.265 e. The molecule has 1 fully saturated rings. The third kappa shape index (κ3) is 4.04. The van der Waals surface area contributed by atoms with E-state index in [2.05, 4.69) is 43.0 Å². The van der Waals surface area contributed by atoms with Crippen LogP contribution >= 0.6 is 27.3 Å². The molecule has 146 valence electrons. The van der Waals surface area contributed by atoms with Gasteiger partial charge in [-0.3, -0.25) is 4.79 Å². The molecule has 0 aliphatic carbocycles. The number of carbonyl (C=O) groups excluding carboxylic acids is 1. The molecule has 8 heteroatoms. The first-order valence-electron chi connectivity index (χ1n) is 9.17. The van der Waals surface area contributed by atoms with Gasteiger partial charge in [0.1, 0.15) is 10.6 Å². The summed E-state index contributed by atoms with van der Waals surface area (Å²) in [6, 6.07) is 8.61. The van der Waals surface area contributed by atoms with Gasteiger partial charge in [0, 0.05) is 47.9 Å². The number of piperazine rings is 1. The van der Waals surface area contributed by atoms with Gasteiger partial charge in [0.2, 0.25) is 0 Å². The minimum Gasteiger partial charge on any atom is -0.367 e. The van der Waals surface area contributed by atoms with Crippen molar-refractivity contribution in [3.05, 3.63) is 51.7 Å². The van der Waals surface area contributed by atoms with Crippen LogP contribution in [0.2, 0.25) is 0 Å². The summed E-state index contributed by atoms with van der Waals surface area (Å²) < 4.78 is 15.5. The molecule has 0 atom stereocenters. The number of nitrogens with zero attached hydrogens (tertiary/aromatic N) is 3. The number of hydrogen-bond acceptors (Lipinski definition) is 5. The van der Waals surface area contributed by atoms with Gasteiger partial charge in [-0.1, -0.05) is 6.92 Å². The molecule has 1 aliphatic rings. The number of thiophene rings is 1. The molecule has 0 saturated carbocycles. The van der Waals surface area contributed by atoms with Gasteiger partial charge in [0.15, 0.2) is 0 Å². The second-order valence-corrected chi connectivity index (χ2v) is 8.65. The molecule has 28 heavy (non-hydrogen) atoms. The zero-order valence-electron chi connectivity index (χ0n) is 15.4. The molecule has 1 N–H and O–H groups in total. The average Bonchev–Trinajstić information content (AvgIpc) is 3.12. The lowest BCUT2D eigenvalue weighted by Crippen LogP contribution is -2.46. The fourth-order valence-electron chi connectivity index (χ4n) is 3.36. The van der Waals surface area contributed by atoms with Gasteiger partial charge < -0.3 is 15.1 Å². The summed E-state index contributed by atoms with van der Waals surface area (Å²) in [5, 5.41) is 3.69. The van der Waals surface area contributed by atoms with E-state index in [-0.39, 0.29) is 11.7 Å². The van der Waals surface area contributed by atoms with Crippen molar-refractivity contribution in [1.82, 2.24) is 9.88 Å². The quantitative estimate of drug-likeness (QED) is 0.615. The average molecular weight is 463 g/mol. The van der Waals surface area contributed by atoms with Crippen molar-refractivity contribution >= 4 is 54.8 Å². The second-order valence-electron chi connectivity index (χ2n) is 6.70. The van der Waals surface area contributed by atoms with Gasteiger partial charge in [-0.05, 0) is 52.8 Å². The zero-order valence-corrected chi connectivity index (χ0v) is 17.8. The number of rotatable bonds is 4. The summed E-state index contributed by atoms with van der Waals surface area (Å²) in [6.07, 6.45) is 1.70. The molecule has 0 unspecified atom stereocenters. The third-order valence-electron chi connectivity index (χ3n) is 4.93. The molecule has 3 aromatic rings. The standard InChI is InChI=1S/C20H20BrFN4OS/c1-2-25-5-7-26(8-6-25)17-4-3-15(11-16(17)22)24-19(27)18-10-13-9-14(21)12-23-20(13)28-18/h3-4,9-12H,2,5-8H2,1H3,(H,24,27). The second kappa shape index (κ2) is 8.14. The maximum Gasteiger partial charge on any atom is 0.265 e. The Bertz CT molecular complexity index is 1020. The van der Waals surface area contributed by atoms with Crippen LogP contribution in [0, 0.1) is 5.82 Å². The lowest BCUT2D eigenvalue weighted by molar-refractivity contribution is 0.103. The Morgan fingerprint density at radius 3 is 2.75 bits per heavy atom. The molecule has 1 amide bonds. The lowest BCUT2D eigenvalue weighted by atomic mass is 10.2. The number of aromatic nitrogens is 1. The van der Waals surface area contributed by atoms with Gasteiger partial charge in [0.25, 0.3) is 5.91 Å². The van der Waals surface area contributed by atoms with Crippen molar-refractivity contribution in [2.45, 2.75) is 6.92 Å². The zero-order chi connectivity index (χ0) is 19.7. The highest BCUT2D eigenvalue weighted by Crippen LogP contribution is 2.28. The molecular formula is C20H20BrFN4OS. The molecular weight excluding hydrogens is 443 g/mol. The number of pyridine rings is 1. The van der Waals surface area contributed by atoms with E-state index >= 15 is 0 Å². The Hall–Kier alpha value is -2.03. The number of benzene rings is 1. The molecule has 5 nitrogen and oxygen atoms in total. The fourth-order valence-corrected chi connectivity index (χ4v) is 4.58. The van der Waals surface area contributed by atoms with Crippen LogP contribution in [0.25, 0.3) is 10.2 Å². The first-order valence-corrected chi connectivity index (χ1v) is 10.8. The lowest BCUT2D eigenvalue weighted by Gasteiger charge is -2.35. The molecule has 1 saturated heterocycles. The first-order chi connectivity index (χ1) is 13.5. The Morgan fingerprint density at radius 1 is 1.25 bits per heavy atom. The molecule has 0 spiro atoms. The predicted octanol–water partition coefficient (Wildman–Crippen LogP) is 4.59. The number of hydrogen-bond donors (Lipinski definition) is 1. The van der Waals surface area contributed by atoms with Crippen LogP contribution in [-0.2, 0) is 0 Å². The van der Waals surface area contributed by atoms with Gasteiger partial charge in [-0.25, -0.2) is 9.37 Å². The van der Waals surface area contributed by atoms with E-state index in [4.69, 9.17) is 0 Å². The Labute approximate surface area is 175 Å². The largest absolute Gasteiger partial charge is 0.367 e. The number of nitrogens with one attached hydrogen (secondary N) is 1. The molecule has 0 bridgehead atoms. The summed E-state index contributed by atoms with van der Waals surface area (Å²) in [5.41, 5.74) is 1.04. The van der Waals surface area contributed by atoms with E-state index in [9.17, 15) is 9.18 Å². The van der Waals surface area contributed by atoms with Crippen LogP contribution in [-0.4, -0.2) is 48.5 Å². The summed E-state index contributed by atoms with van der Waals surface area (Å²) in [7, 11) is 0. The van der Waals surface area contributed by atoms with Crippen molar-refractivity contribution in [1.29, 1.82) is 0 Å². The topological polar surface area (TPSA) is 48.5 Å². The van der Waals surface area contributed by atoms with E-state index in [0.717, 1.165) is 47.4 Å². The molecule has 1 aromatic carbocycles. The molecule has 4 rings (SSSR count). The van der Waals surface area contributed by atoms with Gasteiger partial charge >= 0.3 is 0 Å². The normalized spacial score (nSPS) is 15.2. The first kappa shape index (κ1) is 19.3. The van der Waals surface area contributed by atoms with Crippen molar-refractivity contribution in [2.75, 3.05) is 42.9 Å². The fraction of sp³-hybridized carbons (Fsp3) is 0.300. The van der Waals surface area contributed by atoms with E-state index < -0.39 is 0 Å². The van der Waals surface area contributed by atoms with E-state index in [1.54, 1.807) is 24.4 Å². The Kier molecular flexibility index (Phi) is 5.61. The highest BCUT2D eigenvalue weighted by Gasteiger charge is 2.19. The SMILES string of the molecule is CCN1CCN(c2ccc(NC(=O)c3cc4cc(Br)cnc4s3)cc2F)CC1. The third-order valence-corrected chi connectivity index (χ3v) is 6.42. The predicted molar refractivity (Wildman–Crippen MR) is 116 cm³/mol. The number of carbonyl (C=O) groups is 1. The van der Waals surface area contributed by atoms with Crippen molar-refractivity contribution in [2.24, 2.45) is 0 Å². The molecule has 2 aromatic heterocycles. The van der Waals surface area contributed by atoms with Gasteiger partial charge in [-0.2, -0.15) is 0 Å². The van der Waals surface area contributed by atoms with E-state index in [1.807, 2.05) is 6.07 Å². The minimum absolute atomic E-state index is 0.261. The number of amides is 1. The number of halogens is 2. The summed E-state index contributed by atoms with van der Waals surface area (Å²) >= 11 is 4.70. The van der Waals surface area contributed by atoms with Crippen LogP contribution in [0.15, 0.2) is 41.0 Å². The molecule has 1 aliphatic heterocycles. The monoisotopic (exact) mass is 462 g/mol. The van der Waals surface area contributed by atoms with Crippen LogP contribution in [0.1, 0.15) is 16.6 Å². The number of fused-ring (bicyclic) bond motifs is 1. The van der Waals surface area contributed by atoms with Gasteiger partial charge in [-0.15, -0.1) is 11.3 Å². The van der Waals surface area contributed by atoms with Gasteiger partial charge in [0.05, 0.1) is 10.6 Å². The van der Waals surface area contributed by atoms with Crippen LogP contribution in [0.4, 0.5) is 15.8 Å². The summed E-state index contributed by atoms with van der Waals surface area (Å²) in [6.45, 7) is 6.64. The molecule has 0 radical (unpaired) electrons. The summed E-state index contributed by atoms with van der Waals surface area (Å²) in [5.74, 6) is -0.576. The van der Waals surface area contributed by atoms with Crippen LogP contribution in [0.3, 0.4) is 0 Å².